The fourth-order valence-corrected chi connectivity index (χ4v) is 2.43. The highest BCUT2D eigenvalue weighted by Crippen LogP contribution is 2.21. The van der Waals surface area contributed by atoms with Crippen LogP contribution in [0.5, 0.6) is 0 Å². The van der Waals surface area contributed by atoms with Gasteiger partial charge in [-0.15, -0.1) is 0 Å². The van der Waals surface area contributed by atoms with Crippen molar-refractivity contribution in [2.24, 2.45) is 0 Å². The molecule has 0 bridgehead atoms. The van der Waals surface area contributed by atoms with E-state index >= 15 is 0 Å². The number of carbonyl (C=O) groups is 1. The molecule has 20 heavy (non-hydrogen) atoms. The van der Waals surface area contributed by atoms with Gasteiger partial charge in [-0.3, -0.25) is 0 Å². The standard InChI is InChI=1S/C14H13F2NO2S/c1-19-14(18)10-2-3-11(13(16)12(10)15)17-6-4-9-5-7-20-8-9/h2-3,5,7-8,17H,4,6H2,1H3. The predicted octanol–water partition coefficient (Wildman–Crippen LogP) is 3.47. The summed E-state index contributed by atoms with van der Waals surface area (Å²) in [7, 11) is 1.12. The average molecular weight is 297 g/mol. The molecule has 0 spiro atoms. The van der Waals surface area contributed by atoms with Crippen molar-refractivity contribution >= 4 is 23.0 Å². The molecule has 1 heterocycles. The van der Waals surface area contributed by atoms with Crippen molar-refractivity contribution in [3.8, 4) is 0 Å². The second-order valence-corrected chi connectivity index (χ2v) is 4.87. The third-order valence-corrected chi connectivity index (χ3v) is 3.53. The van der Waals surface area contributed by atoms with Crippen LogP contribution in [0.15, 0.2) is 29.0 Å². The number of benzene rings is 1. The zero-order valence-corrected chi connectivity index (χ0v) is 11.6. The van der Waals surface area contributed by atoms with E-state index in [4.69, 9.17) is 0 Å². The number of methoxy groups -OCH3 is 1. The molecular formula is C14H13F2NO2S. The number of hydrogen-bond acceptors (Lipinski definition) is 4. The summed E-state index contributed by atoms with van der Waals surface area (Å²) in [5, 5.41) is 6.77. The van der Waals surface area contributed by atoms with E-state index < -0.39 is 23.2 Å². The molecule has 1 aromatic heterocycles. The maximum Gasteiger partial charge on any atom is 0.340 e. The first-order valence-corrected chi connectivity index (χ1v) is 6.89. The Morgan fingerprint density at radius 1 is 1.30 bits per heavy atom. The van der Waals surface area contributed by atoms with Crippen LogP contribution < -0.4 is 5.32 Å². The minimum Gasteiger partial charge on any atom is -0.465 e. The van der Waals surface area contributed by atoms with Crippen LogP contribution in [0.3, 0.4) is 0 Å². The molecule has 106 valence electrons. The number of carbonyl (C=O) groups excluding carboxylic acids is 1. The second kappa shape index (κ2) is 6.47. The molecule has 0 radical (unpaired) electrons. The van der Waals surface area contributed by atoms with Gasteiger partial charge in [0, 0.05) is 6.54 Å². The van der Waals surface area contributed by atoms with Gasteiger partial charge in [0.1, 0.15) is 0 Å². The lowest BCUT2D eigenvalue weighted by atomic mass is 10.1. The molecule has 1 aromatic carbocycles. The molecule has 0 aliphatic carbocycles. The van der Waals surface area contributed by atoms with Crippen LogP contribution in [0.25, 0.3) is 0 Å². The average Bonchev–Trinajstić information content (AvgIpc) is 2.96. The minimum absolute atomic E-state index is 0.0328. The highest BCUT2D eigenvalue weighted by molar-refractivity contribution is 7.07. The van der Waals surface area contributed by atoms with E-state index in [1.807, 2.05) is 16.8 Å². The summed E-state index contributed by atoms with van der Waals surface area (Å²) in [6, 6.07) is 4.51. The lowest BCUT2D eigenvalue weighted by Gasteiger charge is -2.09. The Morgan fingerprint density at radius 2 is 2.10 bits per heavy atom. The predicted molar refractivity (Wildman–Crippen MR) is 74.2 cm³/mol. The van der Waals surface area contributed by atoms with Gasteiger partial charge in [-0.1, -0.05) is 0 Å². The Balaban J connectivity index is 2.05. The van der Waals surface area contributed by atoms with Gasteiger partial charge in [-0.05, 0) is 40.9 Å². The number of anilines is 1. The third kappa shape index (κ3) is 3.14. The van der Waals surface area contributed by atoms with Gasteiger partial charge in [0.15, 0.2) is 11.6 Å². The maximum atomic E-state index is 13.8. The first kappa shape index (κ1) is 14.5. The molecule has 0 amide bonds. The van der Waals surface area contributed by atoms with Crippen molar-refractivity contribution < 1.29 is 18.3 Å². The quantitative estimate of drug-likeness (QED) is 0.859. The van der Waals surface area contributed by atoms with Gasteiger partial charge < -0.3 is 10.1 Å². The van der Waals surface area contributed by atoms with Crippen LogP contribution in [-0.4, -0.2) is 19.6 Å². The molecule has 2 aromatic rings. The van der Waals surface area contributed by atoms with Gasteiger partial charge in [0.2, 0.25) is 0 Å². The summed E-state index contributed by atoms with van der Waals surface area (Å²) in [6.07, 6.45) is 0.712. The largest absolute Gasteiger partial charge is 0.465 e. The normalized spacial score (nSPS) is 10.3. The maximum absolute atomic E-state index is 13.8. The van der Waals surface area contributed by atoms with Gasteiger partial charge in [0.05, 0.1) is 18.4 Å². The lowest BCUT2D eigenvalue weighted by molar-refractivity contribution is 0.0594. The highest BCUT2D eigenvalue weighted by Gasteiger charge is 2.18. The van der Waals surface area contributed by atoms with E-state index in [0.717, 1.165) is 12.7 Å². The molecule has 0 aliphatic rings. The molecule has 0 unspecified atom stereocenters. The van der Waals surface area contributed by atoms with E-state index in [9.17, 15) is 13.6 Å². The Kier molecular flexibility index (Phi) is 4.68. The zero-order valence-electron chi connectivity index (χ0n) is 10.8. The third-order valence-electron chi connectivity index (χ3n) is 2.80. The van der Waals surface area contributed by atoms with Gasteiger partial charge in [-0.25, -0.2) is 13.6 Å². The smallest absolute Gasteiger partial charge is 0.340 e. The van der Waals surface area contributed by atoms with E-state index in [1.165, 1.54) is 12.1 Å². The number of hydrogen-bond donors (Lipinski definition) is 1. The fraction of sp³-hybridized carbons (Fsp3) is 0.214. The van der Waals surface area contributed by atoms with Crippen molar-refractivity contribution in [3.05, 3.63) is 51.7 Å². The highest BCUT2D eigenvalue weighted by atomic mass is 32.1. The minimum atomic E-state index is -1.20. The van der Waals surface area contributed by atoms with Crippen LogP contribution >= 0.6 is 11.3 Å². The topological polar surface area (TPSA) is 38.3 Å². The van der Waals surface area contributed by atoms with Gasteiger partial charge in [-0.2, -0.15) is 11.3 Å². The summed E-state index contributed by atoms with van der Waals surface area (Å²) >= 11 is 1.59. The Morgan fingerprint density at radius 3 is 2.75 bits per heavy atom. The molecule has 2 rings (SSSR count). The fourth-order valence-electron chi connectivity index (χ4n) is 1.73. The van der Waals surface area contributed by atoms with Crippen LogP contribution in [0.1, 0.15) is 15.9 Å². The summed E-state index contributed by atoms with van der Waals surface area (Å²) in [5.74, 6) is -3.16. The summed E-state index contributed by atoms with van der Waals surface area (Å²) in [4.78, 5) is 11.2. The van der Waals surface area contributed by atoms with Crippen molar-refractivity contribution in [2.45, 2.75) is 6.42 Å². The van der Waals surface area contributed by atoms with Crippen molar-refractivity contribution in [3.63, 3.8) is 0 Å². The number of thiophene rings is 1. The molecule has 0 saturated heterocycles. The van der Waals surface area contributed by atoms with E-state index in [-0.39, 0.29) is 5.69 Å². The second-order valence-electron chi connectivity index (χ2n) is 4.09. The summed E-state index contributed by atoms with van der Waals surface area (Å²) in [5.41, 5.74) is 0.758. The SMILES string of the molecule is COC(=O)c1ccc(NCCc2ccsc2)c(F)c1F. The summed E-state index contributed by atoms with van der Waals surface area (Å²) in [6.45, 7) is 0.477. The van der Waals surface area contributed by atoms with Crippen molar-refractivity contribution in [1.29, 1.82) is 0 Å². The van der Waals surface area contributed by atoms with Crippen molar-refractivity contribution in [2.75, 3.05) is 19.0 Å². The first-order valence-electron chi connectivity index (χ1n) is 5.94. The number of esters is 1. The molecule has 0 fully saturated rings. The molecule has 3 nitrogen and oxygen atoms in total. The van der Waals surface area contributed by atoms with E-state index in [0.29, 0.717) is 13.0 Å². The van der Waals surface area contributed by atoms with Crippen LogP contribution in [0.2, 0.25) is 0 Å². The van der Waals surface area contributed by atoms with E-state index in [1.54, 1.807) is 11.3 Å². The lowest BCUT2D eigenvalue weighted by Crippen LogP contribution is -2.10. The Labute approximate surface area is 119 Å². The summed E-state index contributed by atoms with van der Waals surface area (Å²) < 4.78 is 31.8. The zero-order chi connectivity index (χ0) is 14.5. The molecule has 1 N–H and O–H groups in total. The van der Waals surface area contributed by atoms with Gasteiger partial charge >= 0.3 is 5.97 Å². The molecule has 0 saturated carbocycles. The molecule has 0 aliphatic heterocycles. The Bertz CT molecular complexity index is 599. The van der Waals surface area contributed by atoms with E-state index in [2.05, 4.69) is 10.1 Å². The van der Waals surface area contributed by atoms with Crippen LogP contribution in [0, 0.1) is 11.6 Å². The van der Waals surface area contributed by atoms with Crippen LogP contribution in [-0.2, 0) is 11.2 Å². The van der Waals surface area contributed by atoms with Crippen LogP contribution in [0.4, 0.5) is 14.5 Å². The first-order chi connectivity index (χ1) is 9.63. The molecular weight excluding hydrogens is 284 g/mol. The Hall–Kier alpha value is -1.95. The number of ether oxygens (including phenoxy) is 1. The molecule has 6 heteroatoms. The number of halogens is 2. The number of rotatable bonds is 5. The van der Waals surface area contributed by atoms with Gasteiger partial charge in [0.25, 0.3) is 0 Å². The monoisotopic (exact) mass is 297 g/mol. The van der Waals surface area contributed by atoms with Crippen molar-refractivity contribution in [1.82, 2.24) is 0 Å². The number of nitrogens with one attached hydrogen (secondary N) is 1. The molecule has 0 atom stereocenters.